The van der Waals surface area contributed by atoms with Gasteiger partial charge in [-0.3, -0.25) is 19.4 Å². The zero-order valence-corrected chi connectivity index (χ0v) is 19.0. The fourth-order valence-electron chi connectivity index (χ4n) is 4.76. The molecule has 1 unspecified atom stereocenters. The summed E-state index contributed by atoms with van der Waals surface area (Å²) in [6, 6.07) is 7.99. The van der Waals surface area contributed by atoms with Crippen LogP contribution in [0.2, 0.25) is 0 Å². The van der Waals surface area contributed by atoms with E-state index < -0.39 is 12.1 Å². The fraction of sp³-hybridized carbons (Fsp3) is 0.375. The Kier molecular flexibility index (Phi) is 5.20. The molecule has 0 bridgehead atoms. The summed E-state index contributed by atoms with van der Waals surface area (Å²) in [5.41, 5.74) is 11.5. The van der Waals surface area contributed by atoms with Gasteiger partial charge in [-0.15, -0.1) is 0 Å². The van der Waals surface area contributed by atoms with Crippen molar-refractivity contribution >= 4 is 28.2 Å². The number of pyridine rings is 1. The number of carbonyl (C=O) groups excluding carboxylic acids is 1. The largest absolute Gasteiger partial charge is 0.471 e. The molecule has 0 spiro atoms. The predicted octanol–water partition coefficient (Wildman–Crippen LogP) is 2.41. The third-order valence-corrected chi connectivity index (χ3v) is 6.46. The maximum absolute atomic E-state index is 12.5. The minimum absolute atomic E-state index is 0.286. The number of aliphatic hydroxyl groups is 1. The number of hydrogen-bond donors (Lipinski definition) is 2. The van der Waals surface area contributed by atoms with Crippen LogP contribution in [0.25, 0.3) is 10.9 Å². The number of anilines is 2. The van der Waals surface area contributed by atoms with Crippen LogP contribution in [0, 0.1) is 13.8 Å². The van der Waals surface area contributed by atoms with Gasteiger partial charge in [-0.25, -0.2) is 0 Å². The van der Waals surface area contributed by atoms with Crippen molar-refractivity contribution in [3.05, 3.63) is 59.4 Å². The van der Waals surface area contributed by atoms with E-state index in [-0.39, 0.29) is 11.8 Å². The second-order valence-corrected chi connectivity index (χ2v) is 8.74. The highest BCUT2D eigenvalue weighted by molar-refractivity contribution is 6.00. The van der Waals surface area contributed by atoms with Crippen molar-refractivity contribution in [3.8, 4) is 0 Å². The van der Waals surface area contributed by atoms with Crippen LogP contribution in [0.5, 0.6) is 0 Å². The topological polar surface area (TPSA) is 110 Å². The second-order valence-electron chi connectivity index (χ2n) is 8.74. The van der Waals surface area contributed by atoms with Gasteiger partial charge in [-0.05, 0) is 51.0 Å². The van der Waals surface area contributed by atoms with E-state index in [1.54, 1.807) is 6.20 Å². The Hall–Kier alpha value is -3.59. The van der Waals surface area contributed by atoms with Crippen LogP contribution in [-0.2, 0) is 16.6 Å². The standard InChI is InChI=1S/C24H28N6O3/c1-14-10-16(4-7-26-14)24-30(22(13-33-24)23(25)32)21-11-18-15(2)27-28(3)19(18)12-20(21)29-8-5-17(31)6-9-29/h4,7,10-13,17,24,31H,5-6,8-9H2,1-3H3,(H2,25,32). The molecule has 1 saturated heterocycles. The van der Waals surface area contributed by atoms with E-state index in [0.29, 0.717) is 25.9 Å². The molecule has 9 heteroatoms. The summed E-state index contributed by atoms with van der Waals surface area (Å²) >= 11 is 0. The van der Waals surface area contributed by atoms with Crippen LogP contribution in [0.15, 0.2) is 42.4 Å². The molecule has 1 aromatic carbocycles. The predicted molar refractivity (Wildman–Crippen MR) is 125 cm³/mol. The summed E-state index contributed by atoms with van der Waals surface area (Å²) in [4.78, 5) is 20.9. The highest BCUT2D eigenvalue weighted by Gasteiger charge is 2.36. The van der Waals surface area contributed by atoms with E-state index in [2.05, 4.69) is 27.1 Å². The number of nitrogens with two attached hydrogens (primary N) is 1. The molecule has 4 heterocycles. The molecule has 2 aliphatic heterocycles. The smallest absolute Gasteiger partial charge is 0.268 e. The highest BCUT2D eigenvalue weighted by atomic mass is 16.5. The number of aliphatic hydroxyl groups excluding tert-OH is 1. The average molecular weight is 449 g/mol. The van der Waals surface area contributed by atoms with E-state index in [0.717, 1.165) is 39.2 Å². The van der Waals surface area contributed by atoms with Crippen molar-refractivity contribution in [1.29, 1.82) is 0 Å². The average Bonchev–Trinajstić information content (AvgIpc) is 3.35. The van der Waals surface area contributed by atoms with Gasteiger partial charge in [0.25, 0.3) is 5.91 Å². The SMILES string of the molecule is Cc1cc(C2OC=C(C(N)=O)N2c2cc3c(C)nn(C)c3cc2N2CCC(O)CC2)ccn1. The number of ether oxygens (including phenoxy) is 1. The molecule has 5 rings (SSSR count). The first-order valence-corrected chi connectivity index (χ1v) is 11.1. The lowest BCUT2D eigenvalue weighted by atomic mass is 10.0. The maximum Gasteiger partial charge on any atom is 0.268 e. The summed E-state index contributed by atoms with van der Waals surface area (Å²) in [5, 5.41) is 15.6. The fourth-order valence-corrected chi connectivity index (χ4v) is 4.76. The number of amides is 1. The first-order valence-electron chi connectivity index (χ1n) is 11.1. The Morgan fingerprint density at radius 3 is 2.64 bits per heavy atom. The monoisotopic (exact) mass is 448 g/mol. The lowest BCUT2D eigenvalue weighted by Gasteiger charge is -2.36. The number of aromatic nitrogens is 3. The van der Waals surface area contributed by atoms with Gasteiger partial charge >= 0.3 is 0 Å². The van der Waals surface area contributed by atoms with Crippen molar-refractivity contribution in [2.24, 2.45) is 12.8 Å². The number of rotatable bonds is 4. The minimum atomic E-state index is -0.564. The van der Waals surface area contributed by atoms with Crippen molar-refractivity contribution in [2.75, 3.05) is 22.9 Å². The Balaban J connectivity index is 1.71. The number of carbonyl (C=O) groups is 1. The van der Waals surface area contributed by atoms with E-state index >= 15 is 0 Å². The van der Waals surface area contributed by atoms with E-state index in [1.807, 2.05) is 42.6 Å². The summed E-state index contributed by atoms with van der Waals surface area (Å²) in [5.74, 6) is -0.564. The summed E-state index contributed by atoms with van der Waals surface area (Å²) in [6.45, 7) is 5.30. The molecule has 1 fully saturated rings. The van der Waals surface area contributed by atoms with Crippen LogP contribution < -0.4 is 15.5 Å². The zero-order chi connectivity index (χ0) is 23.3. The molecule has 2 aromatic heterocycles. The second kappa shape index (κ2) is 8.08. The van der Waals surface area contributed by atoms with E-state index in [9.17, 15) is 9.90 Å². The van der Waals surface area contributed by atoms with Crippen LogP contribution in [0.3, 0.4) is 0 Å². The van der Waals surface area contributed by atoms with E-state index in [4.69, 9.17) is 10.5 Å². The van der Waals surface area contributed by atoms with Gasteiger partial charge in [0.15, 0.2) is 0 Å². The molecule has 0 radical (unpaired) electrons. The number of fused-ring (bicyclic) bond motifs is 1. The first kappa shape index (κ1) is 21.3. The van der Waals surface area contributed by atoms with Crippen molar-refractivity contribution in [1.82, 2.24) is 14.8 Å². The Bertz CT molecular complexity index is 1260. The highest BCUT2D eigenvalue weighted by Crippen LogP contribution is 2.44. The molecule has 3 N–H and O–H groups in total. The van der Waals surface area contributed by atoms with Crippen LogP contribution in [0.1, 0.15) is 36.0 Å². The number of piperidine rings is 1. The molecule has 2 aliphatic rings. The summed E-state index contributed by atoms with van der Waals surface area (Å²) in [6.07, 6.45) is 3.69. The van der Waals surface area contributed by atoms with Crippen molar-refractivity contribution in [2.45, 2.75) is 39.0 Å². The van der Waals surface area contributed by atoms with Crippen molar-refractivity contribution in [3.63, 3.8) is 0 Å². The molecule has 0 saturated carbocycles. The van der Waals surface area contributed by atoms with Gasteiger partial charge < -0.3 is 20.5 Å². The lowest BCUT2D eigenvalue weighted by Crippen LogP contribution is -2.38. The molecule has 172 valence electrons. The van der Waals surface area contributed by atoms with Crippen molar-refractivity contribution < 1.29 is 14.6 Å². The van der Waals surface area contributed by atoms with Crippen LogP contribution in [-0.4, -0.2) is 45.0 Å². The Labute approximate surface area is 192 Å². The lowest BCUT2D eigenvalue weighted by molar-refractivity contribution is -0.114. The molecule has 9 nitrogen and oxygen atoms in total. The number of hydrogen-bond acceptors (Lipinski definition) is 7. The quantitative estimate of drug-likeness (QED) is 0.631. The normalized spacial score (nSPS) is 19.2. The number of nitrogens with zero attached hydrogens (tertiary/aromatic N) is 5. The molecule has 33 heavy (non-hydrogen) atoms. The first-order chi connectivity index (χ1) is 15.8. The third-order valence-electron chi connectivity index (χ3n) is 6.46. The number of benzene rings is 1. The van der Waals surface area contributed by atoms with Gasteiger partial charge in [0.1, 0.15) is 12.0 Å². The molecular formula is C24H28N6O3. The Morgan fingerprint density at radius 2 is 1.94 bits per heavy atom. The minimum Gasteiger partial charge on any atom is -0.471 e. The summed E-state index contributed by atoms with van der Waals surface area (Å²) in [7, 11) is 1.93. The van der Waals surface area contributed by atoms with Gasteiger partial charge in [0.2, 0.25) is 6.23 Å². The van der Waals surface area contributed by atoms with Gasteiger partial charge in [-0.2, -0.15) is 5.10 Å². The van der Waals surface area contributed by atoms with E-state index in [1.165, 1.54) is 6.26 Å². The maximum atomic E-state index is 12.5. The van der Waals surface area contributed by atoms with Crippen LogP contribution >= 0.6 is 0 Å². The molecule has 1 amide bonds. The molecule has 3 aromatic rings. The number of primary amides is 1. The zero-order valence-electron chi connectivity index (χ0n) is 19.0. The van der Waals surface area contributed by atoms with Gasteiger partial charge in [0, 0.05) is 43.0 Å². The molecular weight excluding hydrogens is 420 g/mol. The van der Waals surface area contributed by atoms with Gasteiger partial charge in [-0.1, -0.05) is 0 Å². The molecule has 0 aliphatic carbocycles. The Morgan fingerprint density at radius 1 is 1.18 bits per heavy atom. The third kappa shape index (κ3) is 3.68. The van der Waals surface area contributed by atoms with Crippen LogP contribution in [0.4, 0.5) is 11.4 Å². The summed E-state index contributed by atoms with van der Waals surface area (Å²) < 4.78 is 7.86. The number of aryl methyl sites for hydroxylation is 3. The van der Waals surface area contributed by atoms with Gasteiger partial charge in [0.05, 0.1) is 28.7 Å². The molecule has 1 atom stereocenters.